The van der Waals surface area contributed by atoms with Gasteiger partial charge < -0.3 is 13.9 Å². The van der Waals surface area contributed by atoms with Gasteiger partial charge in [0.2, 0.25) is 0 Å². The van der Waals surface area contributed by atoms with E-state index in [1.54, 1.807) is 0 Å². The second kappa shape index (κ2) is 17.6. The summed E-state index contributed by atoms with van der Waals surface area (Å²) in [5.41, 5.74) is 24.9. The molecule has 10 aromatic carbocycles. The van der Waals surface area contributed by atoms with Crippen LogP contribution in [-0.4, -0.2) is 14.1 Å². The maximum Gasteiger partial charge on any atom is 0.268 e. The molecule has 3 aliphatic carbocycles. The SMILES string of the molecule is CC(C)(C)c1ccnc(-n2c3[c-]c(Oc4[c-]c(-n5[c-][n+]6c7c(cccc75)-c5cccc(-c7ccc8c(c7)C7c9ccccc9C8c8ccccc87)c5-c5ccccc5-c5ccccc5-6)ccc4)ccc3c3ccccc32)c1.[Pt]. The maximum atomic E-state index is 6.75. The molecule has 4 heterocycles. The number of aromatic nitrogens is 4. The van der Waals surface area contributed by atoms with E-state index in [4.69, 9.17) is 9.72 Å². The van der Waals surface area contributed by atoms with Crippen LogP contribution in [0.5, 0.6) is 11.5 Å². The third-order valence-corrected chi connectivity index (χ3v) is 16.5. The van der Waals surface area contributed by atoms with Gasteiger partial charge in [0.25, 0.3) is 6.33 Å². The topological polar surface area (TPSA) is 35.9 Å². The van der Waals surface area contributed by atoms with Crippen LogP contribution in [0.2, 0.25) is 0 Å². The summed E-state index contributed by atoms with van der Waals surface area (Å²) in [5.74, 6) is 2.40. The molecule has 17 rings (SSSR count). The van der Waals surface area contributed by atoms with Gasteiger partial charge in [-0.05, 0) is 130 Å². The number of para-hydroxylation sites is 3. The van der Waals surface area contributed by atoms with E-state index in [-0.39, 0.29) is 38.3 Å². The first-order valence-corrected chi connectivity index (χ1v) is 26.6. The van der Waals surface area contributed by atoms with Crippen molar-refractivity contribution in [2.75, 3.05) is 0 Å². The van der Waals surface area contributed by atoms with E-state index in [1.165, 1.54) is 61.2 Å². The first-order chi connectivity index (χ1) is 37.8. The molecule has 2 bridgehead atoms. The molecule has 0 spiro atoms. The van der Waals surface area contributed by atoms with E-state index >= 15 is 0 Å². The molecule has 0 saturated heterocycles. The molecule has 0 unspecified atom stereocenters. The van der Waals surface area contributed by atoms with Crippen LogP contribution in [0.1, 0.15) is 71.6 Å². The largest absolute Gasteiger partial charge is 0.510 e. The number of ether oxygens (including phenoxy) is 1. The zero-order chi connectivity index (χ0) is 51.1. The fourth-order valence-corrected chi connectivity index (χ4v) is 13.1. The number of benzene rings is 10. The second-order valence-electron chi connectivity index (χ2n) is 21.8. The van der Waals surface area contributed by atoms with Crippen molar-refractivity contribution in [1.29, 1.82) is 0 Å². The van der Waals surface area contributed by atoms with Crippen LogP contribution in [-0.2, 0) is 26.5 Å². The van der Waals surface area contributed by atoms with Crippen molar-refractivity contribution in [2.24, 2.45) is 0 Å². The molecule has 1 aliphatic heterocycles. The normalized spacial score (nSPS) is 14.5. The predicted molar refractivity (Wildman–Crippen MR) is 309 cm³/mol. The molecule has 0 fully saturated rings. The Labute approximate surface area is 467 Å². The first kappa shape index (κ1) is 46.4. The molecule has 0 radical (unpaired) electrons. The van der Waals surface area contributed by atoms with Gasteiger partial charge in [-0.15, -0.1) is 29.7 Å². The van der Waals surface area contributed by atoms with E-state index < -0.39 is 0 Å². The molecule has 78 heavy (non-hydrogen) atoms. The van der Waals surface area contributed by atoms with E-state index in [2.05, 4.69) is 253 Å². The van der Waals surface area contributed by atoms with Crippen molar-refractivity contribution in [3.8, 4) is 73.2 Å². The maximum absolute atomic E-state index is 6.75. The minimum Gasteiger partial charge on any atom is -0.510 e. The van der Waals surface area contributed by atoms with Gasteiger partial charge in [0.15, 0.2) is 0 Å². The fourth-order valence-electron chi connectivity index (χ4n) is 13.1. The standard InChI is InChI=1S/C72H48N4O.Pt/c1-72(2,3)45-37-38-73-67(40-45)76-64-31-13-11-21-52(64)53-36-34-48(42-66(53)76)77-47-18-14-17-46(41-47)74-43-75-63-30-12-10-20-51(63)50-19-4-5-22-54(50)68-49(27-15-28-59(68)61-29-16-32-65(74)71(61)75)44-33-35-60-62(39-44)70-57-25-8-6-23-55(57)69(60)56-24-7-9-26-58(56)70;/h4-40,69-70H,1-3H3;/q-2;. The molecule has 0 N–H and O–H groups in total. The zero-order valence-corrected chi connectivity index (χ0v) is 45.3. The molecule has 13 aromatic rings. The van der Waals surface area contributed by atoms with Crippen molar-refractivity contribution in [3.63, 3.8) is 0 Å². The van der Waals surface area contributed by atoms with Crippen LogP contribution in [0, 0.1) is 18.5 Å². The van der Waals surface area contributed by atoms with Crippen molar-refractivity contribution in [3.05, 3.63) is 282 Å². The third kappa shape index (κ3) is 6.90. The number of imidazole rings is 1. The van der Waals surface area contributed by atoms with E-state index in [0.29, 0.717) is 11.5 Å². The van der Waals surface area contributed by atoms with Crippen molar-refractivity contribution in [1.82, 2.24) is 14.1 Å². The third-order valence-electron chi connectivity index (χ3n) is 16.5. The molecule has 4 aliphatic rings. The number of fused-ring (bicyclic) bond motifs is 10. The first-order valence-electron chi connectivity index (χ1n) is 26.6. The Kier molecular flexibility index (Phi) is 10.5. The van der Waals surface area contributed by atoms with E-state index in [0.717, 1.165) is 72.3 Å². The summed E-state index contributed by atoms with van der Waals surface area (Å²) < 4.78 is 13.3. The minimum absolute atomic E-state index is 0. The van der Waals surface area contributed by atoms with E-state index in [9.17, 15) is 0 Å². The summed E-state index contributed by atoms with van der Waals surface area (Å²) in [5, 5.41) is 2.22. The number of hydrogen-bond donors (Lipinski definition) is 0. The van der Waals surface area contributed by atoms with Gasteiger partial charge in [-0.25, -0.2) is 4.98 Å². The summed E-state index contributed by atoms with van der Waals surface area (Å²) in [6.07, 6.45) is 5.78. The molecule has 0 atom stereocenters. The summed E-state index contributed by atoms with van der Waals surface area (Å²) in [6.45, 7) is 6.69. The van der Waals surface area contributed by atoms with Crippen LogP contribution in [0.15, 0.2) is 225 Å². The zero-order valence-electron chi connectivity index (χ0n) is 43.0. The van der Waals surface area contributed by atoms with Crippen LogP contribution >= 0.6 is 0 Å². The average Bonchev–Trinajstić information content (AvgIpc) is 3.22. The van der Waals surface area contributed by atoms with Gasteiger partial charge in [-0.1, -0.05) is 184 Å². The number of pyridine rings is 1. The Bertz CT molecular complexity index is 4580. The van der Waals surface area contributed by atoms with Crippen LogP contribution < -0.4 is 9.30 Å². The summed E-state index contributed by atoms with van der Waals surface area (Å²) in [7, 11) is 0. The quantitative estimate of drug-likeness (QED) is 0.127. The van der Waals surface area contributed by atoms with Crippen molar-refractivity contribution in [2.45, 2.75) is 38.0 Å². The molecule has 0 amide bonds. The molecule has 5 nitrogen and oxygen atoms in total. The average molecular weight is 1180 g/mol. The fraction of sp³-hybridized carbons (Fsp3) is 0.0833. The molecular formula is C72H48N4OPt-2. The Morgan fingerprint density at radius 3 is 1.90 bits per heavy atom. The molecule has 6 heteroatoms. The molecule has 0 saturated carbocycles. The molecular weight excluding hydrogens is 1130 g/mol. The Hall–Kier alpha value is -8.89. The Morgan fingerprint density at radius 1 is 0.487 bits per heavy atom. The molecule has 3 aromatic heterocycles. The minimum atomic E-state index is -0.0391. The van der Waals surface area contributed by atoms with Gasteiger partial charge >= 0.3 is 0 Å². The Balaban J connectivity index is 0.00000529. The summed E-state index contributed by atoms with van der Waals surface area (Å²) in [6, 6.07) is 87.0. The monoisotopic (exact) mass is 1180 g/mol. The van der Waals surface area contributed by atoms with Crippen molar-refractivity contribution >= 4 is 32.8 Å². The Morgan fingerprint density at radius 2 is 1.10 bits per heavy atom. The van der Waals surface area contributed by atoms with Crippen LogP contribution in [0.3, 0.4) is 0 Å². The van der Waals surface area contributed by atoms with Gasteiger partial charge in [-0.3, -0.25) is 4.57 Å². The summed E-state index contributed by atoms with van der Waals surface area (Å²) in [4.78, 5) is 4.89. The van der Waals surface area contributed by atoms with Gasteiger partial charge in [0, 0.05) is 56.1 Å². The van der Waals surface area contributed by atoms with Crippen molar-refractivity contribution < 1.29 is 30.4 Å². The predicted octanol–water partition coefficient (Wildman–Crippen LogP) is 16.9. The number of hydrogen-bond acceptors (Lipinski definition) is 2. The number of nitrogens with zero attached hydrogens (tertiary/aromatic N) is 4. The number of rotatable bonds is 5. The smallest absolute Gasteiger partial charge is 0.268 e. The van der Waals surface area contributed by atoms with Gasteiger partial charge in [0.1, 0.15) is 5.82 Å². The van der Waals surface area contributed by atoms with Gasteiger partial charge in [-0.2, -0.15) is 18.2 Å². The second-order valence-corrected chi connectivity index (χ2v) is 21.8. The van der Waals surface area contributed by atoms with Gasteiger partial charge in [0.05, 0.1) is 16.7 Å². The van der Waals surface area contributed by atoms with E-state index in [1.807, 2.05) is 24.4 Å². The summed E-state index contributed by atoms with van der Waals surface area (Å²) >= 11 is 0. The molecule has 374 valence electrons. The van der Waals surface area contributed by atoms with Crippen LogP contribution in [0.25, 0.3) is 94.5 Å². The van der Waals surface area contributed by atoms with Crippen LogP contribution in [0.4, 0.5) is 0 Å².